The lowest BCUT2D eigenvalue weighted by Gasteiger charge is -2.17. The van der Waals surface area contributed by atoms with Gasteiger partial charge < -0.3 is 15.4 Å². The van der Waals surface area contributed by atoms with Gasteiger partial charge in [0.1, 0.15) is 0 Å². The van der Waals surface area contributed by atoms with E-state index < -0.39 is 0 Å². The number of ether oxygens (including phenoxy) is 1. The number of hydrogen-bond acceptors (Lipinski definition) is 5. The topological polar surface area (TPSA) is 56.3 Å². The van der Waals surface area contributed by atoms with Crippen LogP contribution in [0.15, 0.2) is 23.7 Å². The predicted molar refractivity (Wildman–Crippen MR) is 82.3 cm³/mol. The van der Waals surface area contributed by atoms with Gasteiger partial charge >= 0.3 is 0 Å². The van der Waals surface area contributed by atoms with E-state index in [1.807, 2.05) is 24.8 Å². The molecule has 5 nitrogen and oxygen atoms in total. The molecule has 0 aromatic carbocycles. The fourth-order valence-electron chi connectivity index (χ4n) is 2.12. The molecule has 110 valence electrons. The number of nitrogens with two attached hydrogens (primary N) is 1. The number of rotatable bonds is 7. The van der Waals surface area contributed by atoms with Crippen molar-refractivity contribution < 1.29 is 4.74 Å². The van der Waals surface area contributed by atoms with Gasteiger partial charge in [-0.25, -0.2) is 0 Å². The molecular formula is C14H22N4OS. The van der Waals surface area contributed by atoms with E-state index >= 15 is 0 Å². The third-order valence-electron chi connectivity index (χ3n) is 3.18. The first kappa shape index (κ1) is 15.0. The van der Waals surface area contributed by atoms with Crippen LogP contribution in [0.1, 0.15) is 16.6 Å². The van der Waals surface area contributed by atoms with Gasteiger partial charge in [0, 0.05) is 17.8 Å². The van der Waals surface area contributed by atoms with E-state index in [4.69, 9.17) is 10.5 Å². The van der Waals surface area contributed by atoms with E-state index in [1.165, 1.54) is 4.88 Å². The van der Waals surface area contributed by atoms with Crippen LogP contribution in [0, 0.1) is 0 Å². The summed E-state index contributed by atoms with van der Waals surface area (Å²) in [7, 11) is 5.76. The minimum absolute atomic E-state index is 0.103. The number of likely N-dealkylation sites (N-methyl/N-ethyl adjacent to an activating group) is 1. The Labute approximate surface area is 124 Å². The summed E-state index contributed by atoms with van der Waals surface area (Å²) in [5.74, 6) is 0.771. The molecule has 0 aliphatic heterocycles. The van der Waals surface area contributed by atoms with Gasteiger partial charge in [0.2, 0.25) is 0 Å². The minimum atomic E-state index is -0.103. The van der Waals surface area contributed by atoms with Crippen LogP contribution in [0.4, 0.5) is 0 Å². The number of hydrogen-bond donors (Lipinski definition) is 1. The lowest BCUT2D eigenvalue weighted by molar-refractivity contribution is 0.361. The summed E-state index contributed by atoms with van der Waals surface area (Å²) in [5, 5.41) is 6.47. The van der Waals surface area contributed by atoms with E-state index in [0.29, 0.717) is 0 Å². The maximum atomic E-state index is 6.37. The zero-order valence-electron chi connectivity index (χ0n) is 12.2. The largest absolute Gasteiger partial charge is 0.493 e. The summed E-state index contributed by atoms with van der Waals surface area (Å²) in [4.78, 5) is 3.41. The summed E-state index contributed by atoms with van der Waals surface area (Å²) in [6.07, 6.45) is 2.56. The number of methoxy groups -OCH3 is 1. The Kier molecular flexibility index (Phi) is 5.17. The smallest absolute Gasteiger partial charge is 0.161 e. The molecule has 2 N–H and O–H groups in total. The standard InChI is InChI=1S/C14H22N4OS/c1-17(2)6-7-18-14(13(19-3)10-16-18)12(15)9-11-5-4-8-20-11/h4-5,8,10,12H,6-7,9,15H2,1-3H3. The summed E-state index contributed by atoms with van der Waals surface area (Å²) in [6, 6.07) is 4.05. The molecule has 0 saturated carbocycles. The highest BCUT2D eigenvalue weighted by molar-refractivity contribution is 7.09. The van der Waals surface area contributed by atoms with Crippen LogP contribution in [0.25, 0.3) is 0 Å². The van der Waals surface area contributed by atoms with Crippen molar-refractivity contribution in [2.45, 2.75) is 19.0 Å². The number of aromatic nitrogens is 2. The van der Waals surface area contributed by atoms with Crippen molar-refractivity contribution in [3.63, 3.8) is 0 Å². The summed E-state index contributed by atoms with van der Waals surface area (Å²) in [5.41, 5.74) is 7.34. The second-order valence-electron chi connectivity index (χ2n) is 5.01. The van der Waals surface area contributed by atoms with Crippen LogP contribution in [-0.4, -0.2) is 42.4 Å². The van der Waals surface area contributed by atoms with Crippen LogP contribution in [-0.2, 0) is 13.0 Å². The van der Waals surface area contributed by atoms with Gasteiger partial charge in [0.05, 0.1) is 31.6 Å². The molecule has 2 aromatic heterocycles. The zero-order valence-corrected chi connectivity index (χ0v) is 13.1. The molecule has 0 radical (unpaired) electrons. The minimum Gasteiger partial charge on any atom is -0.493 e. The van der Waals surface area contributed by atoms with E-state index in [-0.39, 0.29) is 6.04 Å². The zero-order chi connectivity index (χ0) is 14.5. The maximum absolute atomic E-state index is 6.37. The molecule has 2 heterocycles. The van der Waals surface area contributed by atoms with Crippen molar-refractivity contribution in [1.29, 1.82) is 0 Å². The lowest BCUT2D eigenvalue weighted by Crippen LogP contribution is -2.24. The molecule has 0 aliphatic rings. The second kappa shape index (κ2) is 6.88. The Morgan fingerprint density at radius 2 is 2.30 bits per heavy atom. The molecular weight excluding hydrogens is 272 g/mol. The molecule has 1 unspecified atom stereocenters. The molecule has 0 spiro atoms. The first-order chi connectivity index (χ1) is 9.61. The highest BCUT2D eigenvalue weighted by Gasteiger charge is 2.19. The Hall–Kier alpha value is -1.37. The first-order valence-electron chi connectivity index (χ1n) is 6.64. The first-order valence-corrected chi connectivity index (χ1v) is 7.52. The molecule has 0 saturated heterocycles. The van der Waals surface area contributed by atoms with E-state index in [1.54, 1.807) is 24.6 Å². The quantitative estimate of drug-likeness (QED) is 0.845. The second-order valence-corrected chi connectivity index (χ2v) is 6.05. The monoisotopic (exact) mass is 294 g/mol. The van der Waals surface area contributed by atoms with Crippen molar-refractivity contribution in [2.75, 3.05) is 27.7 Å². The molecule has 0 bridgehead atoms. The van der Waals surface area contributed by atoms with E-state index in [0.717, 1.165) is 31.0 Å². The van der Waals surface area contributed by atoms with Crippen LogP contribution < -0.4 is 10.5 Å². The van der Waals surface area contributed by atoms with Gasteiger partial charge in [-0.3, -0.25) is 4.68 Å². The molecule has 1 atom stereocenters. The Morgan fingerprint density at radius 1 is 1.50 bits per heavy atom. The van der Waals surface area contributed by atoms with Gasteiger partial charge in [0.15, 0.2) is 5.75 Å². The van der Waals surface area contributed by atoms with E-state index in [9.17, 15) is 0 Å². The van der Waals surface area contributed by atoms with Crippen molar-refractivity contribution in [2.24, 2.45) is 5.73 Å². The highest BCUT2D eigenvalue weighted by atomic mass is 32.1. The average Bonchev–Trinajstić information content (AvgIpc) is 3.04. The molecule has 20 heavy (non-hydrogen) atoms. The van der Waals surface area contributed by atoms with Crippen LogP contribution in [0.2, 0.25) is 0 Å². The fourth-order valence-corrected chi connectivity index (χ4v) is 2.89. The van der Waals surface area contributed by atoms with Gasteiger partial charge in [-0.05, 0) is 25.5 Å². The summed E-state index contributed by atoms with van der Waals surface area (Å²) >= 11 is 1.73. The number of nitrogens with zero attached hydrogens (tertiary/aromatic N) is 3. The van der Waals surface area contributed by atoms with Crippen molar-refractivity contribution in [3.05, 3.63) is 34.3 Å². The molecule has 0 amide bonds. The summed E-state index contributed by atoms with van der Waals surface area (Å²) in [6.45, 7) is 1.73. The van der Waals surface area contributed by atoms with Crippen molar-refractivity contribution >= 4 is 11.3 Å². The molecule has 2 aromatic rings. The third kappa shape index (κ3) is 3.59. The average molecular weight is 294 g/mol. The Balaban J connectivity index is 2.16. The fraction of sp³-hybridized carbons (Fsp3) is 0.500. The van der Waals surface area contributed by atoms with Crippen LogP contribution in [0.3, 0.4) is 0 Å². The predicted octanol–water partition coefficient (Wildman–Crippen LogP) is 1.76. The van der Waals surface area contributed by atoms with Gasteiger partial charge in [0.25, 0.3) is 0 Å². The van der Waals surface area contributed by atoms with Gasteiger partial charge in [-0.2, -0.15) is 5.10 Å². The third-order valence-corrected chi connectivity index (χ3v) is 4.07. The van der Waals surface area contributed by atoms with Crippen LogP contribution >= 0.6 is 11.3 Å². The molecule has 2 rings (SSSR count). The molecule has 0 aliphatic carbocycles. The number of thiophene rings is 1. The van der Waals surface area contributed by atoms with Crippen molar-refractivity contribution in [3.8, 4) is 5.75 Å². The van der Waals surface area contributed by atoms with Crippen molar-refractivity contribution in [1.82, 2.24) is 14.7 Å². The van der Waals surface area contributed by atoms with Gasteiger partial charge in [-0.1, -0.05) is 6.07 Å². The SMILES string of the molecule is COc1cnn(CCN(C)C)c1C(N)Cc1cccs1. The lowest BCUT2D eigenvalue weighted by atomic mass is 10.1. The normalized spacial score (nSPS) is 12.8. The van der Waals surface area contributed by atoms with E-state index in [2.05, 4.69) is 21.4 Å². The summed E-state index contributed by atoms with van der Waals surface area (Å²) < 4.78 is 7.36. The van der Waals surface area contributed by atoms with Crippen LogP contribution in [0.5, 0.6) is 5.75 Å². The maximum Gasteiger partial charge on any atom is 0.161 e. The Bertz CT molecular complexity index is 521. The molecule has 6 heteroatoms. The highest BCUT2D eigenvalue weighted by Crippen LogP contribution is 2.27. The van der Waals surface area contributed by atoms with Gasteiger partial charge in [-0.15, -0.1) is 11.3 Å². The Morgan fingerprint density at radius 3 is 2.90 bits per heavy atom. The molecule has 0 fully saturated rings.